The van der Waals surface area contributed by atoms with E-state index in [4.69, 9.17) is 15.4 Å². The van der Waals surface area contributed by atoms with Gasteiger partial charge in [0.2, 0.25) is 5.76 Å². The van der Waals surface area contributed by atoms with E-state index in [1.807, 2.05) is 19.9 Å². The zero-order chi connectivity index (χ0) is 9.14. The van der Waals surface area contributed by atoms with Gasteiger partial charge in [-0.25, -0.2) is 0 Å². The van der Waals surface area contributed by atoms with Crippen molar-refractivity contribution in [3.63, 3.8) is 0 Å². The molecular formula is C9H12N2O. The summed E-state index contributed by atoms with van der Waals surface area (Å²) in [5.74, 6) is 0.644. The zero-order valence-electron chi connectivity index (χ0n) is 7.24. The second kappa shape index (κ2) is 3.42. The Kier molecular flexibility index (Phi) is 2.51. The van der Waals surface area contributed by atoms with Gasteiger partial charge in [-0.1, -0.05) is 13.8 Å². The van der Waals surface area contributed by atoms with Gasteiger partial charge < -0.3 is 10.2 Å². The quantitative estimate of drug-likeness (QED) is 0.725. The summed E-state index contributed by atoms with van der Waals surface area (Å²) in [5.41, 5.74) is 6.65. The first kappa shape index (κ1) is 8.82. The van der Waals surface area contributed by atoms with Crippen molar-refractivity contribution < 1.29 is 4.42 Å². The van der Waals surface area contributed by atoms with Crippen LogP contribution in [-0.4, -0.2) is 0 Å². The van der Waals surface area contributed by atoms with Crippen LogP contribution in [0.1, 0.15) is 31.2 Å². The third-order valence-electron chi connectivity index (χ3n) is 1.87. The van der Waals surface area contributed by atoms with E-state index in [1.54, 1.807) is 6.07 Å². The molecule has 0 saturated carbocycles. The number of hydrogen-bond donors (Lipinski definition) is 1. The standard InChI is InChI=1S/C9H12N2O/c1-6(2)9(11)7-3-4-12-8(7)5-10/h3-4,6,9H,11H2,1-2H3. The summed E-state index contributed by atoms with van der Waals surface area (Å²) in [5, 5.41) is 8.64. The van der Waals surface area contributed by atoms with Crippen molar-refractivity contribution in [2.24, 2.45) is 11.7 Å². The van der Waals surface area contributed by atoms with Gasteiger partial charge in [0, 0.05) is 11.6 Å². The maximum absolute atomic E-state index is 8.64. The Balaban J connectivity index is 2.95. The molecule has 3 heteroatoms. The Hall–Kier alpha value is -1.27. The molecule has 0 radical (unpaired) electrons. The molecule has 1 aromatic rings. The molecule has 1 unspecified atom stereocenters. The highest BCUT2D eigenvalue weighted by molar-refractivity contribution is 5.30. The van der Waals surface area contributed by atoms with Crippen molar-refractivity contribution in [3.8, 4) is 6.07 Å². The topological polar surface area (TPSA) is 62.9 Å². The summed E-state index contributed by atoms with van der Waals surface area (Å²) >= 11 is 0. The van der Waals surface area contributed by atoms with Crippen molar-refractivity contribution in [2.45, 2.75) is 19.9 Å². The molecule has 2 N–H and O–H groups in total. The van der Waals surface area contributed by atoms with Crippen molar-refractivity contribution in [2.75, 3.05) is 0 Å². The predicted molar refractivity (Wildman–Crippen MR) is 45.2 cm³/mol. The normalized spacial score (nSPS) is 12.9. The Morgan fingerprint density at radius 1 is 1.58 bits per heavy atom. The molecule has 64 valence electrons. The van der Waals surface area contributed by atoms with Crippen LogP contribution in [0, 0.1) is 17.2 Å². The van der Waals surface area contributed by atoms with E-state index in [9.17, 15) is 0 Å². The average molecular weight is 164 g/mol. The van der Waals surface area contributed by atoms with E-state index in [0.29, 0.717) is 11.7 Å². The maximum Gasteiger partial charge on any atom is 0.207 e. The number of nitrogens with two attached hydrogens (primary N) is 1. The smallest absolute Gasteiger partial charge is 0.207 e. The van der Waals surface area contributed by atoms with Crippen LogP contribution < -0.4 is 5.73 Å². The molecule has 0 saturated heterocycles. The summed E-state index contributed by atoms with van der Waals surface area (Å²) in [6, 6.07) is 3.61. The van der Waals surface area contributed by atoms with Gasteiger partial charge in [0.25, 0.3) is 0 Å². The van der Waals surface area contributed by atoms with Crippen LogP contribution in [-0.2, 0) is 0 Å². The second-order valence-electron chi connectivity index (χ2n) is 3.09. The van der Waals surface area contributed by atoms with E-state index in [0.717, 1.165) is 5.56 Å². The van der Waals surface area contributed by atoms with Crippen molar-refractivity contribution >= 4 is 0 Å². The summed E-state index contributed by atoms with van der Waals surface area (Å²) < 4.78 is 4.94. The number of nitriles is 1. The number of hydrogen-bond acceptors (Lipinski definition) is 3. The predicted octanol–water partition coefficient (Wildman–Crippen LogP) is 1.81. The largest absolute Gasteiger partial charge is 0.454 e. The Bertz CT molecular complexity index is 296. The minimum atomic E-state index is -0.113. The fourth-order valence-electron chi connectivity index (χ4n) is 1.03. The maximum atomic E-state index is 8.64. The molecule has 12 heavy (non-hydrogen) atoms. The van der Waals surface area contributed by atoms with Gasteiger partial charge in [0.15, 0.2) is 0 Å². The van der Waals surface area contributed by atoms with Gasteiger partial charge in [-0.3, -0.25) is 0 Å². The van der Waals surface area contributed by atoms with Crippen LogP contribution in [0.4, 0.5) is 0 Å². The molecule has 0 bridgehead atoms. The van der Waals surface area contributed by atoms with E-state index in [1.165, 1.54) is 6.26 Å². The lowest BCUT2D eigenvalue weighted by molar-refractivity contribution is 0.494. The van der Waals surface area contributed by atoms with E-state index < -0.39 is 0 Å². The molecule has 0 fully saturated rings. The Labute approximate surface area is 71.8 Å². The highest BCUT2D eigenvalue weighted by Gasteiger charge is 2.16. The van der Waals surface area contributed by atoms with Crippen molar-refractivity contribution in [3.05, 3.63) is 23.7 Å². The van der Waals surface area contributed by atoms with Crippen LogP contribution in [0.5, 0.6) is 0 Å². The molecule has 0 spiro atoms. The first-order chi connectivity index (χ1) is 5.66. The van der Waals surface area contributed by atoms with Crippen LogP contribution in [0.3, 0.4) is 0 Å². The monoisotopic (exact) mass is 164 g/mol. The van der Waals surface area contributed by atoms with Gasteiger partial charge in [0.1, 0.15) is 6.07 Å². The minimum Gasteiger partial charge on any atom is -0.454 e. The molecule has 1 aromatic heterocycles. The molecular weight excluding hydrogens is 152 g/mol. The van der Waals surface area contributed by atoms with E-state index in [-0.39, 0.29) is 6.04 Å². The first-order valence-electron chi connectivity index (χ1n) is 3.90. The lowest BCUT2D eigenvalue weighted by Crippen LogP contribution is -2.16. The molecule has 0 aliphatic rings. The van der Waals surface area contributed by atoms with E-state index >= 15 is 0 Å². The second-order valence-corrected chi connectivity index (χ2v) is 3.09. The average Bonchev–Trinajstić information content (AvgIpc) is 2.49. The molecule has 1 heterocycles. The minimum absolute atomic E-state index is 0.113. The first-order valence-corrected chi connectivity index (χ1v) is 3.90. The summed E-state index contributed by atoms with van der Waals surface area (Å²) in [6.45, 7) is 4.03. The molecule has 0 amide bonds. The molecule has 1 atom stereocenters. The molecule has 0 aliphatic carbocycles. The van der Waals surface area contributed by atoms with Gasteiger partial charge in [-0.2, -0.15) is 5.26 Å². The molecule has 0 aromatic carbocycles. The summed E-state index contributed by atoms with van der Waals surface area (Å²) in [6.07, 6.45) is 1.50. The molecule has 0 aliphatic heterocycles. The van der Waals surface area contributed by atoms with Gasteiger partial charge in [0.05, 0.1) is 6.26 Å². The van der Waals surface area contributed by atoms with Gasteiger partial charge in [-0.05, 0) is 12.0 Å². The zero-order valence-corrected chi connectivity index (χ0v) is 7.24. The number of nitrogens with zero attached hydrogens (tertiary/aromatic N) is 1. The lowest BCUT2D eigenvalue weighted by Gasteiger charge is -2.13. The van der Waals surface area contributed by atoms with Crippen molar-refractivity contribution in [1.29, 1.82) is 5.26 Å². The fraction of sp³-hybridized carbons (Fsp3) is 0.444. The lowest BCUT2D eigenvalue weighted by atomic mass is 9.98. The Morgan fingerprint density at radius 3 is 2.75 bits per heavy atom. The third kappa shape index (κ3) is 1.49. The fourth-order valence-corrected chi connectivity index (χ4v) is 1.03. The van der Waals surface area contributed by atoms with Gasteiger partial charge in [-0.15, -0.1) is 0 Å². The van der Waals surface area contributed by atoms with Crippen LogP contribution in [0.25, 0.3) is 0 Å². The molecule has 3 nitrogen and oxygen atoms in total. The SMILES string of the molecule is CC(C)C(N)c1ccoc1C#N. The third-order valence-corrected chi connectivity index (χ3v) is 1.87. The number of rotatable bonds is 2. The van der Waals surface area contributed by atoms with Crippen molar-refractivity contribution in [1.82, 2.24) is 0 Å². The number of furan rings is 1. The highest BCUT2D eigenvalue weighted by atomic mass is 16.3. The van der Waals surface area contributed by atoms with Crippen LogP contribution >= 0.6 is 0 Å². The molecule has 1 rings (SSSR count). The summed E-state index contributed by atoms with van der Waals surface area (Å²) in [7, 11) is 0. The van der Waals surface area contributed by atoms with Gasteiger partial charge >= 0.3 is 0 Å². The van der Waals surface area contributed by atoms with E-state index in [2.05, 4.69) is 0 Å². The van der Waals surface area contributed by atoms with Crippen LogP contribution in [0.15, 0.2) is 16.7 Å². The Morgan fingerprint density at radius 2 is 2.25 bits per heavy atom. The summed E-state index contributed by atoms with van der Waals surface area (Å²) in [4.78, 5) is 0. The highest BCUT2D eigenvalue weighted by Crippen LogP contribution is 2.22. The van der Waals surface area contributed by atoms with Crippen LogP contribution in [0.2, 0.25) is 0 Å².